The van der Waals surface area contributed by atoms with Crippen LogP contribution in [0.3, 0.4) is 0 Å². The molecule has 0 unspecified atom stereocenters. The molecule has 2 heterocycles. The SMILES string of the molecule is Cc1cc(C)c(Nc2cc(C)nc(N3CCCCCC3)n2)c(Cl)c1. The van der Waals surface area contributed by atoms with Crippen LogP contribution in [-0.2, 0) is 0 Å². The fraction of sp³-hybridized carbons (Fsp3) is 0.474. The zero-order valence-corrected chi connectivity index (χ0v) is 15.5. The highest BCUT2D eigenvalue weighted by atomic mass is 35.5. The van der Waals surface area contributed by atoms with E-state index in [0.717, 1.165) is 52.4 Å². The molecule has 1 aliphatic heterocycles. The number of benzene rings is 1. The third kappa shape index (κ3) is 3.99. The predicted molar refractivity (Wildman–Crippen MR) is 102 cm³/mol. The van der Waals surface area contributed by atoms with Crippen molar-refractivity contribution in [1.29, 1.82) is 0 Å². The van der Waals surface area contributed by atoms with Gasteiger partial charge in [-0.25, -0.2) is 4.98 Å². The van der Waals surface area contributed by atoms with Crippen LogP contribution in [0.1, 0.15) is 42.5 Å². The number of hydrogen-bond acceptors (Lipinski definition) is 4. The average molecular weight is 345 g/mol. The first-order valence-electron chi connectivity index (χ1n) is 8.67. The van der Waals surface area contributed by atoms with E-state index in [4.69, 9.17) is 16.6 Å². The standard InChI is InChI=1S/C19H25ClN4/c1-13-10-14(2)18(16(20)11-13)22-17-12-15(3)21-19(23-17)24-8-6-4-5-7-9-24/h10-12H,4-9H2,1-3H3,(H,21,22,23). The van der Waals surface area contributed by atoms with Gasteiger partial charge in [-0.2, -0.15) is 4.98 Å². The minimum absolute atomic E-state index is 0.722. The summed E-state index contributed by atoms with van der Waals surface area (Å²) >= 11 is 6.42. The van der Waals surface area contributed by atoms with Crippen LogP contribution in [-0.4, -0.2) is 23.1 Å². The van der Waals surface area contributed by atoms with Gasteiger partial charge in [0, 0.05) is 24.8 Å². The van der Waals surface area contributed by atoms with E-state index in [-0.39, 0.29) is 0 Å². The minimum atomic E-state index is 0.722. The molecule has 1 aliphatic rings. The van der Waals surface area contributed by atoms with Crippen molar-refractivity contribution in [3.63, 3.8) is 0 Å². The van der Waals surface area contributed by atoms with E-state index in [9.17, 15) is 0 Å². The molecule has 1 saturated heterocycles. The van der Waals surface area contributed by atoms with E-state index in [0.29, 0.717) is 0 Å². The molecule has 0 atom stereocenters. The van der Waals surface area contributed by atoms with Crippen LogP contribution in [0.15, 0.2) is 18.2 Å². The lowest BCUT2D eigenvalue weighted by Crippen LogP contribution is -2.26. The monoisotopic (exact) mass is 344 g/mol. The summed E-state index contributed by atoms with van der Waals surface area (Å²) in [6, 6.07) is 6.07. The van der Waals surface area contributed by atoms with Gasteiger partial charge in [-0.05, 0) is 50.8 Å². The minimum Gasteiger partial charge on any atom is -0.341 e. The van der Waals surface area contributed by atoms with Crippen LogP contribution in [0, 0.1) is 20.8 Å². The van der Waals surface area contributed by atoms with Gasteiger partial charge in [0.15, 0.2) is 0 Å². The summed E-state index contributed by atoms with van der Waals surface area (Å²) in [7, 11) is 0. The Bertz CT molecular complexity index is 698. The Morgan fingerprint density at radius 1 is 0.958 bits per heavy atom. The van der Waals surface area contributed by atoms with Crippen molar-refractivity contribution in [1.82, 2.24) is 9.97 Å². The van der Waals surface area contributed by atoms with E-state index in [1.165, 1.54) is 25.7 Å². The molecule has 1 N–H and O–H groups in total. The summed E-state index contributed by atoms with van der Waals surface area (Å²) in [5.74, 6) is 1.62. The molecular weight excluding hydrogens is 320 g/mol. The first kappa shape index (κ1) is 17.0. The fourth-order valence-corrected chi connectivity index (χ4v) is 3.60. The summed E-state index contributed by atoms with van der Waals surface area (Å²) in [6.07, 6.45) is 5.02. The van der Waals surface area contributed by atoms with Crippen molar-refractivity contribution in [3.05, 3.63) is 40.0 Å². The van der Waals surface area contributed by atoms with Crippen LogP contribution in [0.2, 0.25) is 5.02 Å². The van der Waals surface area contributed by atoms with Crippen molar-refractivity contribution >= 4 is 29.1 Å². The Kier molecular flexibility index (Phi) is 5.24. The van der Waals surface area contributed by atoms with Crippen molar-refractivity contribution in [2.24, 2.45) is 0 Å². The number of nitrogens with one attached hydrogen (secondary N) is 1. The largest absolute Gasteiger partial charge is 0.341 e. The zero-order chi connectivity index (χ0) is 17.1. The molecule has 1 aromatic heterocycles. The van der Waals surface area contributed by atoms with Crippen LogP contribution in [0.5, 0.6) is 0 Å². The molecule has 0 saturated carbocycles. The molecule has 0 bridgehead atoms. The van der Waals surface area contributed by atoms with Gasteiger partial charge in [-0.1, -0.05) is 30.5 Å². The molecule has 0 radical (unpaired) electrons. The molecule has 128 valence electrons. The normalized spacial score (nSPS) is 15.2. The van der Waals surface area contributed by atoms with E-state index in [1.807, 2.05) is 19.1 Å². The smallest absolute Gasteiger partial charge is 0.227 e. The molecular formula is C19H25ClN4. The van der Waals surface area contributed by atoms with E-state index in [2.05, 4.69) is 35.1 Å². The lowest BCUT2D eigenvalue weighted by Gasteiger charge is -2.21. The number of aryl methyl sites for hydroxylation is 3. The van der Waals surface area contributed by atoms with E-state index < -0.39 is 0 Å². The molecule has 4 nitrogen and oxygen atoms in total. The van der Waals surface area contributed by atoms with Crippen LogP contribution >= 0.6 is 11.6 Å². The molecule has 1 aromatic carbocycles. The molecule has 24 heavy (non-hydrogen) atoms. The highest BCUT2D eigenvalue weighted by molar-refractivity contribution is 6.33. The first-order valence-corrected chi connectivity index (χ1v) is 9.05. The Balaban J connectivity index is 1.89. The second kappa shape index (κ2) is 7.39. The number of anilines is 3. The van der Waals surface area contributed by atoms with Crippen molar-refractivity contribution < 1.29 is 0 Å². The maximum absolute atomic E-state index is 6.42. The quantitative estimate of drug-likeness (QED) is 0.833. The fourth-order valence-electron chi connectivity index (χ4n) is 3.23. The zero-order valence-electron chi connectivity index (χ0n) is 14.7. The van der Waals surface area contributed by atoms with E-state index >= 15 is 0 Å². The van der Waals surface area contributed by atoms with Crippen molar-refractivity contribution in [2.45, 2.75) is 46.5 Å². The van der Waals surface area contributed by atoms with Gasteiger partial charge < -0.3 is 10.2 Å². The molecule has 2 aromatic rings. The summed E-state index contributed by atoms with van der Waals surface area (Å²) in [5, 5.41) is 4.12. The summed E-state index contributed by atoms with van der Waals surface area (Å²) in [6.45, 7) is 8.19. The third-order valence-corrected chi connectivity index (χ3v) is 4.71. The number of halogens is 1. The topological polar surface area (TPSA) is 41.1 Å². The Morgan fingerprint density at radius 3 is 2.33 bits per heavy atom. The number of rotatable bonds is 3. The third-order valence-electron chi connectivity index (χ3n) is 4.42. The Labute approximate surface area is 149 Å². The number of nitrogens with zero attached hydrogens (tertiary/aromatic N) is 3. The highest BCUT2D eigenvalue weighted by Crippen LogP contribution is 2.30. The van der Waals surface area contributed by atoms with Gasteiger partial charge >= 0.3 is 0 Å². The van der Waals surface area contributed by atoms with Gasteiger partial charge in [0.05, 0.1) is 10.7 Å². The van der Waals surface area contributed by atoms with Crippen LogP contribution in [0.4, 0.5) is 17.5 Å². The molecule has 0 spiro atoms. The second-order valence-electron chi connectivity index (χ2n) is 6.66. The number of hydrogen-bond donors (Lipinski definition) is 1. The van der Waals surface area contributed by atoms with Gasteiger partial charge in [0.2, 0.25) is 5.95 Å². The lowest BCUT2D eigenvalue weighted by atomic mass is 10.1. The summed E-state index contributed by atoms with van der Waals surface area (Å²) in [5.41, 5.74) is 4.16. The summed E-state index contributed by atoms with van der Waals surface area (Å²) in [4.78, 5) is 11.7. The van der Waals surface area contributed by atoms with Crippen LogP contribution in [0.25, 0.3) is 0 Å². The van der Waals surface area contributed by atoms with Gasteiger partial charge in [0.1, 0.15) is 5.82 Å². The number of aromatic nitrogens is 2. The molecule has 0 amide bonds. The summed E-state index contributed by atoms with van der Waals surface area (Å²) < 4.78 is 0. The van der Waals surface area contributed by atoms with Gasteiger partial charge in [-0.15, -0.1) is 0 Å². The highest BCUT2D eigenvalue weighted by Gasteiger charge is 2.15. The molecule has 5 heteroatoms. The molecule has 1 fully saturated rings. The lowest BCUT2D eigenvalue weighted by molar-refractivity contribution is 0.726. The average Bonchev–Trinajstić information content (AvgIpc) is 2.79. The Hall–Kier alpha value is -1.81. The molecule has 3 rings (SSSR count). The maximum Gasteiger partial charge on any atom is 0.227 e. The van der Waals surface area contributed by atoms with Crippen LogP contribution < -0.4 is 10.2 Å². The maximum atomic E-state index is 6.42. The first-order chi connectivity index (χ1) is 11.5. The van der Waals surface area contributed by atoms with E-state index in [1.54, 1.807) is 0 Å². The molecule has 0 aliphatic carbocycles. The van der Waals surface area contributed by atoms with Crippen molar-refractivity contribution in [2.75, 3.05) is 23.3 Å². The van der Waals surface area contributed by atoms with Gasteiger partial charge in [-0.3, -0.25) is 0 Å². The van der Waals surface area contributed by atoms with Crippen molar-refractivity contribution in [3.8, 4) is 0 Å². The predicted octanol–water partition coefficient (Wildman–Crippen LogP) is 5.18. The Morgan fingerprint density at radius 2 is 1.67 bits per heavy atom. The van der Waals surface area contributed by atoms with Gasteiger partial charge in [0.25, 0.3) is 0 Å². The second-order valence-corrected chi connectivity index (χ2v) is 7.07.